The highest BCUT2D eigenvalue weighted by Crippen LogP contribution is 2.38. The van der Waals surface area contributed by atoms with Gasteiger partial charge in [0.2, 0.25) is 11.3 Å². The first-order chi connectivity index (χ1) is 19.1. The minimum Gasteiger partial charge on any atom is -0.480 e. The van der Waals surface area contributed by atoms with Crippen LogP contribution in [-0.4, -0.2) is 44.2 Å². The zero-order chi connectivity index (χ0) is 30.7. The number of hydrogen-bond acceptors (Lipinski definition) is 6. The number of hydrogen-bond donors (Lipinski definition) is 0. The summed E-state index contributed by atoms with van der Waals surface area (Å²) in [5.74, 6) is 3.29. The third-order valence-electron chi connectivity index (χ3n) is 7.47. The number of methoxy groups -OCH3 is 1. The van der Waals surface area contributed by atoms with Gasteiger partial charge in [-0.2, -0.15) is 4.98 Å². The van der Waals surface area contributed by atoms with Crippen molar-refractivity contribution in [1.82, 2.24) is 9.55 Å². The van der Waals surface area contributed by atoms with Gasteiger partial charge in [0.1, 0.15) is 22.8 Å². The van der Waals surface area contributed by atoms with Crippen molar-refractivity contribution in [3.8, 4) is 17.7 Å². The van der Waals surface area contributed by atoms with E-state index in [0.717, 1.165) is 12.1 Å². The fraction of sp³-hybridized carbons (Fsp3) is 0.452. The number of pyridine rings is 2. The highest BCUT2D eigenvalue weighted by Gasteiger charge is 2.38. The van der Waals surface area contributed by atoms with Crippen molar-refractivity contribution >= 4 is 25.3 Å². The smallest absolute Gasteiger partial charge is 0.343 e. The van der Waals surface area contributed by atoms with Gasteiger partial charge < -0.3 is 18.5 Å². The molecule has 0 aliphatic heterocycles. The molecule has 3 rings (SSSR count). The van der Waals surface area contributed by atoms with Crippen molar-refractivity contribution < 1.29 is 27.5 Å². The number of aromatic nitrogens is 2. The third-order valence-corrected chi connectivity index (χ3v) is 12.0. The lowest BCUT2D eigenvalue weighted by Gasteiger charge is -2.38. The number of carbonyl (C=O) groups excluding carboxylic acids is 1. The standard InChI is InChI=1S/C31H38F2N2O5Si/c1-10-39-30(37)24-17-35(26(19(2)3)18-40-41(8,9)31(4,5)6)28-23(27(24)36)15-21(29(34-28)38-7)12-11-20-13-14-22(32)16-25(20)33/h13-17,19,26H,10,18H2,1-9H3/t26-/m1/s1. The Kier molecular flexibility index (Phi) is 9.77. The van der Waals surface area contributed by atoms with E-state index in [1.54, 1.807) is 11.5 Å². The number of esters is 1. The molecule has 0 saturated heterocycles. The molecule has 0 saturated carbocycles. The molecule has 2 aromatic heterocycles. The molecular weight excluding hydrogens is 546 g/mol. The van der Waals surface area contributed by atoms with Crippen molar-refractivity contribution in [3.05, 3.63) is 69.0 Å². The molecule has 1 aromatic carbocycles. The number of fused-ring (bicyclic) bond motifs is 1. The number of rotatable bonds is 8. The van der Waals surface area contributed by atoms with E-state index in [1.807, 2.05) is 13.8 Å². The molecule has 0 aliphatic rings. The summed E-state index contributed by atoms with van der Waals surface area (Å²) in [7, 11) is -0.725. The largest absolute Gasteiger partial charge is 0.480 e. The average Bonchev–Trinajstić information content (AvgIpc) is 2.88. The first-order valence-corrected chi connectivity index (χ1v) is 16.4. The molecule has 41 heavy (non-hydrogen) atoms. The molecule has 2 heterocycles. The van der Waals surface area contributed by atoms with Gasteiger partial charge in [0.05, 0.1) is 42.9 Å². The number of benzene rings is 1. The van der Waals surface area contributed by atoms with E-state index in [2.05, 4.69) is 50.7 Å². The zero-order valence-electron chi connectivity index (χ0n) is 25.1. The summed E-state index contributed by atoms with van der Waals surface area (Å²) in [4.78, 5) is 31.1. The quantitative estimate of drug-likeness (QED) is 0.171. The van der Waals surface area contributed by atoms with Crippen LogP contribution >= 0.6 is 0 Å². The normalized spacial score (nSPS) is 12.7. The Hall–Kier alpha value is -3.55. The van der Waals surface area contributed by atoms with E-state index in [0.29, 0.717) is 6.61 Å². The summed E-state index contributed by atoms with van der Waals surface area (Å²) in [6.07, 6.45) is 1.48. The van der Waals surface area contributed by atoms with E-state index in [4.69, 9.17) is 13.9 Å². The molecule has 0 aliphatic carbocycles. The van der Waals surface area contributed by atoms with Gasteiger partial charge >= 0.3 is 5.97 Å². The van der Waals surface area contributed by atoms with Gasteiger partial charge in [0.25, 0.3) is 0 Å². The number of carbonyl (C=O) groups is 1. The summed E-state index contributed by atoms with van der Waals surface area (Å²) in [6, 6.07) is 4.25. The molecule has 3 aromatic rings. The Morgan fingerprint density at radius 3 is 2.34 bits per heavy atom. The number of halogens is 2. The molecule has 10 heteroatoms. The predicted octanol–water partition coefficient (Wildman–Crippen LogP) is 6.48. The third kappa shape index (κ3) is 7.03. The van der Waals surface area contributed by atoms with Gasteiger partial charge in [0, 0.05) is 12.3 Å². The van der Waals surface area contributed by atoms with Gasteiger partial charge in [-0.15, -0.1) is 0 Å². The maximum absolute atomic E-state index is 14.2. The van der Waals surface area contributed by atoms with Crippen LogP contribution in [0.2, 0.25) is 18.1 Å². The van der Waals surface area contributed by atoms with Crippen LogP contribution in [0.1, 0.15) is 69.1 Å². The molecule has 0 fully saturated rings. The monoisotopic (exact) mass is 584 g/mol. The average molecular weight is 585 g/mol. The fourth-order valence-electron chi connectivity index (χ4n) is 3.94. The second kappa shape index (κ2) is 12.5. The Morgan fingerprint density at radius 2 is 1.78 bits per heavy atom. The Morgan fingerprint density at radius 1 is 1.12 bits per heavy atom. The molecule has 0 amide bonds. The van der Waals surface area contributed by atoms with Crippen molar-refractivity contribution in [2.75, 3.05) is 20.3 Å². The summed E-state index contributed by atoms with van der Waals surface area (Å²) < 4.78 is 46.6. The van der Waals surface area contributed by atoms with E-state index in [9.17, 15) is 18.4 Å². The summed E-state index contributed by atoms with van der Waals surface area (Å²) in [5.41, 5.74) is -0.265. The van der Waals surface area contributed by atoms with Crippen LogP contribution in [-0.2, 0) is 9.16 Å². The molecule has 0 unspecified atom stereocenters. The second-order valence-corrected chi connectivity index (χ2v) is 16.5. The maximum Gasteiger partial charge on any atom is 0.343 e. The van der Waals surface area contributed by atoms with Crippen LogP contribution in [0.4, 0.5) is 8.78 Å². The minimum absolute atomic E-state index is 0.0186. The Labute approximate surface area is 241 Å². The van der Waals surface area contributed by atoms with Gasteiger partial charge in [-0.1, -0.05) is 46.5 Å². The number of nitrogens with zero attached hydrogens (tertiary/aromatic N) is 2. The van der Waals surface area contributed by atoms with E-state index >= 15 is 0 Å². The van der Waals surface area contributed by atoms with Gasteiger partial charge in [-0.25, -0.2) is 13.6 Å². The summed E-state index contributed by atoms with van der Waals surface area (Å²) in [6.45, 7) is 16.9. The first-order valence-electron chi connectivity index (χ1n) is 13.5. The van der Waals surface area contributed by atoms with Crippen molar-refractivity contribution in [1.29, 1.82) is 0 Å². The molecule has 1 atom stereocenters. The molecule has 0 spiro atoms. The lowest BCUT2D eigenvalue weighted by molar-refractivity contribution is 0.0523. The van der Waals surface area contributed by atoms with Crippen LogP contribution in [0.3, 0.4) is 0 Å². The fourth-order valence-corrected chi connectivity index (χ4v) is 4.96. The van der Waals surface area contributed by atoms with E-state index < -0.39 is 31.3 Å². The first kappa shape index (κ1) is 32.0. The van der Waals surface area contributed by atoms with Crippen molar-refractivity contribution in [2.45, 2.75) is 65.7 Å². The highest BCUT2D eigenvalue weighted by molar-refractivity contribution is 6.74. The minimum atomic E-state index is -2.14. The predicted molar refractivity (Wildman–Crippen MR) is 158 cm³/mol. The summed E-state index contributed by atoms with van der Waals surface area (Å²) >= 11 is 0. The lowest BCUT2D eigenvalue weighted by atomic mass is 10.0. The second-order valence-electron chi connectivity index (χ2n) is 11.7. The van der Waals surface area contributed by atoms with Crippen molar-refractivity contribution in [2.24, 2.45) is 5.92 Å². The zero-order valence-corrected chi connectivity index (χ0v) is 26.1. The molecule has 220 valence electrons. The van der Waals surface area contributed by atoms with Crippen molar-refractivity contribution in [3.63, 3.8) is 0 Å². The van der Waals surface area contributed by atoms with Crippen LogP contribution < -0.4 is 10.2 Å². The molecule has 0 radical (unpaired) electrons. The van der Waals surface area contributed by atoms with Crippen LogP contribution in [0.25, 0.3) is 11.0 Å². The lowest BCUT2D eigenvalue weighted by Crippen LogP contribution is -2.42. The van der Waals surface area contributed by atoms with Gasteiger partial charge in [-0.05, 0) is 49.2 Å². The Balaban J connectivity index is 2.28. The molecule has 0 bridgehead atoms. The van der Waals surface area contributed by atoms with Crippen LogP contribution in [0.15, 0.2) is 35.3 Å². The van der Waals surface area contributed by atoms with Gasteiger partial charge in [0.15, 0.2) is 8.32 Å². The highest BCUT2D eigenvalue weighted by atomic mass is 28.4. The number of ether oxygens (including phenoxy) is 2. The van der Waals surface area contributed by atoms with Crippen LogP contribution in [0.5, 0.6) is 5.88 Å². The van der Waals surface area contributed by atoms with E-state index in [-0.39, 0.29) is 57.2 Å². The topological polar surface area (TPSA) is 79.7 Å². The molecule has 0 N–H and O–H groups in total. The van der Waals surface area contributed by atoms with Gasteiger partial charge in [-0.3, -0.25) is 4.79 Å². The summed E-state index contributed by atoms with van der Waals surface area (Å²) in [5, 5.41) is 0.105. The Bertz CT molecular complexity index is 1570. The molecule has 7 nitrogen and oxygen atoms in total. The maximum atomic E-state index is 14.2. The SMILES string of the molecule is CCOC(=O)c1cn([C@H](CO[Si](C)(C)C(C)(C)C)C(C)C)c2nc(OC)c(C#Cc3ccc(F)cc3F)cc2c1=O. The van der Waals surface area contributed by atoms with Crippen LogP contribution in [0, 0.1) is 29.4 Å². The van der Waals surface area contributed by atoms with E-state index in [1.165, 1.54) is 25.4 Å². The molecular formula is C31H38F2N2O5Si.